The van der Waals surface area contributed by atoms with Crippen molar-refractivity contribution in [3.63, 3.8) is 0 Å². The number of aromatic nitrogens is 1. The highest BCUT2D eigenvalue weighted by atomic mass is 32.1. The van der Waals surface area contributed by atoms with Gasteiger partial charge >= 0.3 is 6.03 Å². The molecule has 1 unspecified atom stereocenters. The molecule has 2 heterocycles. The molecule has 4 rings (SSSR count). The highest BCUT2D eigenvalue weighted by Gasteiger charge is 2.49. The third-order valence-corrected chi connectivity index (χ3v) is 6.49. The number of carbonyl (C=O) groups is 3. The number of hydrogen-bond acceptors (Lipinski definition) is 5. The van der Waals surface area contributed by atoms with Gasteiger partial charge in [-0.3, -0.25) is 14.5 Å². The van der Waals surface area contributed by atoms with Crippen LogP contribution in [-0.2, 0) is 21.5 Å². The zero-order valence-corrected chi connectivity index (χ0v) is 19.0. The Morgan fingerprint density at radius 3 is 2.55 bits per heavy atom. The van der Waals surface area contributed by atoms with Crippen LogP contribution >= 0.6 is 11.3 Å². The molecule has 0 radical (unpaired) electrons. The maximum Gasteiger partial charge on any atom is 0.325 e. The van der Waals surface area contributed by atoms with Gasteiger partial charge in [0.15, 0.2) is 0 Å². The van der Waals surface area contributed by atoms with Crippen LogP contribution in [0.1, 0.15) is 23.7 Å². The first-order valence-electron chi connectivity index (χ1n) is 10.4. The molecule has 7 nitrogen and oxygen atoms in total. The maximum absolute atomic E-state index is 13.2. The van der Waals surface area contributed by atoms with E-state index < -0.39 is 35.7 Å². The molecular formula is C24H23FN4O3S. The van der Waals surface area contributed by atoms with Gasteiger partial charge in [-0.05, 0) is 31.5 Å². The molecule has 1 aliphatic rings. The molecule has 1 aliphatic heterocycles. The Hall–Kier alpha value is -3.59. The summed E-state index contributed by atoms with van der Waals surface area (Å²) in [6.45, 7) is 3.50. The smallest absolute Gasteiger partial charge is 0.325 e. The SMILES string of the molecule is Cc1ccc(-c2nc(CCNC(=O)CN3C(=O)NC(C)(c4ccc(F)cc4)C3=O)cs2)cc1. The summed E-state index contributed by atoms with van der Waals surface area (Å²) in [5.41, 5.74) is 2.18. The zero-order valence-electron chi connectivity index (χ0n) is 18.2. The van der Waals surface area contributed by atoms with E-state index in [4.69, 9.17) is 0 Å². The van der Waals surface area contributed by atoms with Crippen molar-refractivity contribution in [2.24, 2.45) is 0 Å². The lowest BCUT2D eigenvalue weighted by Gasteiger charge is -2.22. The molecular weight excluding hydrogens is 443 g/mol. The van der Waals surface area contributed by atoms with Crippen molar-refractivity contribution >= 4 is 29.2 Å². The Kier molecular flexibility index (Phi) is 6.24. The van der Waals surface area contributed by atoms with Crippen LogP contribution < -0.4 is 10.6 Å². The molecule has 170 valence electrons. The average Bonchev–Trinajstić information content (AvgIpc) is 3.34. The summed E-state index contributed by atoms with van der Waals surface area (Å²) in [5.74, 6) is -1.45. The van der Waals surface area contributed by atoms with E-state index in [1.54, 1.807) is 0 Å². The first kappa shape index (κ1) is 22.6. The van der Waals surface area contributed by atoms with E-state index in [0.717, 1.165) is 21.2 Å². The molecule has 2 N–H and O–H groups in total. The Bertz CT molecular complexity index is 1190. The number of aryl methyl sites for hydroxylation is 1. The summed E-state index contributed by atoms with van der Waals surface area (Å²) in [6, 6.07) is 12.8. The van der Waals surface area contributed by atoms with E-state index in [2.05, 4.69) is 15.6 Å². The Balaban J connectivity index is 1.31. The summed E-state index contributed by atoms with van der Waals surface area (Å²) in [6.07, 6.45) is 0.529. The van der Waals surface area contributed by atoms with Crippen molar-refractivity contribution in [2.45, 2.75) is 25.8 Å². The van der Waals surface area contributed by atoms with Crippen LogP contribution in [0.3, 0.4) is 0 Å². The second-order valence-electron chi connectivity index (χ2n) is 8.06. The fourth-order valence-corrected chi connectivity index (χ4v) is 4.46. The van der Waals surface area contributed by atoms with E-state index in [1.165, 1.54) is 48.1 Å². The Morgan fingerprint density at radius 2 is 1.85 bits per heavy atom. The fraction of sp³-hybridized carbons (Fsp3) is 0.250. The fourth-order valence-electron chi connectivity index (χ4n) is 3.60. The van der Waals surface area contributed by atoms with Crippen molar-refractivity contribution < 1.29 is 18.8 Å². The topological polar surface area (TPSA) is 91.4 Å². The van der Waals surface area contributed by atoms with E-state index in [0.29, 0.717) is 18.5 Å². The Morgan fingerprint density at radius 1 is 1.15 bits per heavy atom. The van der Waals surface area contributed by atoms with Crippen molar-refractivity contribution in [3.8, 4) is 10.6 Å². The number of nitrogens with one attached hydrogen (secondary N) is 2. The molecule has 1 atom stereocenters. The first-order valence-corrected chi connectivity index (χ1v) is 11.3. The van der Waals surface area contributed by atoms with Crippen molar-refractivity contribution in [3.05, 3.63) is 76.5 Å². The second-order valence-corrected chi connectivity index (χ2v) is 8.92. The highest BCUT2D eigenvalue weighted by molar-refractivity contribution is 7.13. The van der Waals surface area contributed by atoms with Gasteiger partial charge in [0.25, 0.3) is 5.91 Å². The summed E-state index contributed by atoms with van der Waals surface area (Å²) in [4.78, 5) is 43.1. The lowest BCUT2D eigenvalue weighted by molar-refractivity contribution is -0.134. The van der Waals surface area contributed by atoms with Crippen molar-refractivity contribution in [1.82, 2.24) is 20.5 Å². The van der Waals surface area contributed by atoms with E-state index in [1.807, 2.05) is 36.6 Å². The average molecular weight is 467 g/mol. The minimum absolute atomic E-state index is 0.328. The van der Waals surface area contributed by atoms with Crippen LogP contribution in [0.15, 0.2) is 53.9 Å². The molecule has 0 spiro atoms. The van der Waals surface area contributed by atoms with Crippen LogP contribution in [0.25, 0.3) is 10.6 Å². The number of carbonyl (C=O) groups excluding carboxylic acids is 3. The number of urea groups is 1. The van der Waals surface area contributed by atoms with Crippen molar-refractivity contribution in [1.29, 1.82) is 0 Å². The molecule has 2 aromatic carbocycles. The van der Waals surface area contributed by atoms with Gasteiger partial charge in [-0.15, -0.1) is 11.3 Å². The molecule has 1 aromatic heterocycles. The molecule has 1 fully saturated rings. The number of amides is 4. The van der Waals surface area contributed by atoms with Crippen molar-refractivity contribution in [2.75, 3.05) is 13.1 Å². The summed E-state index contributed by atoms with van der Waals surface area (Å²) in [7, 11) is 0. The minimum Gasteiger partial charge on any atom is -0.354 e. The van der Waals surface area contributed by atoms with Crippen LogP contribution in [-0.4, -0.2) is 40.8 Å². The van der Waals surface area contributed by atoms with Crippen LogP contribution in [0, 0.1) is 12.7 Å². The third-order valence-electron chi connectivity index (χ3n) is 5.55. The van der Waals surface area contributed by atoms with Crippen LogP contribution in [0.5, 0.6) is 0 Å². The van der Waals surface area contributed by atoms with Gasteiger partial charge in [-0.2, -0.15) is 0 Å². The van der Waals surface area contributed by atoms with Gasteiger partial charge < -0.3 is 10.6 Å². The molecule has 4 amide bonds. The highest BCUT2D eigenvalue weighted by Crippen LogP contribution is 2.29. The molecule has 1 saturated heterocycles. The van der Waals surface area contributed by atoms with E-state index in [-0.39, 0.29) is 0 Å². The summed E-state index contributed by atoms with van der Waals surface area (Å²) in [5, 5.41) is 8.20. The lowest BCUT2D eigenvalue weighted by atomic mass is 9.92. The number of rotatable bonds is 7. The van der Waals surface area contributed by atoms with Gasteiger partial charge in [-0.25, -0.2) is 14.2 Å². The number of halogens is 1. The predicted octanol–water partition coefficient (Wildman–Crippen LogP) is 3.38. The number of thiazole rings is 1. The van der Waals surface area contributed by atoms with Crippen LogP contribution in [0.2, 0.25) is 0 Å². The summed E-state index contributed by atoms with van der Waals surface area (Å²) < 4.78 is 13.2. The standard InChI is InChI=1S/C24H23FN4O3S/c1-15-3-5-16(6-4-15)21-27-19(14-33-21)11-12-26-20(30)13-29-22(31)24(2,28-23(29)32)17-7-9-18(25)10-8-17/h3-10,14H,11-13H2,1-2H3,(H,26,30)(H,28,32). The lowest BCUT2D eigenvalue weighted by Crippen LogP contribution is -2.43. The number of nitrogens with zero attached hydrogens (tertiary/aromatic N) is 2. The van der Waals surface area contributed by atoms with Gasteiger partial charge in [-0.1, -0.05) is 42.0 Å². The van der Waals surface area contributed by atoms with E-state index in [9.17, 15) is 18.8 Å². The maximum atomic E-state index is 13.2. The third kappa shape index (κ3) is 4.78. The van der Waals surface area contributed by atoms with Gasteiger partial charge in [0.05, 0.1) is 5.69 Å². The second kappa shape index (κ2) is 9.11. The van der Waals surface area contributed by atoms with Gasteiger partial charge in [0, 0.05) is 23.9 Å². The predicted molar refractivity (Wildman–Crippen MR) is 123 cm³/mol. The molecule has 9 heteroatoms. The number of benzene rings is 2. The largest absolute Gasteiger partial charge is 0.354 e. The molecule has 33 heavy (non-hydrogen) atoms. The molecule has 0 bridgehead atoms. The van der Waals surface area contributed by atoms with Crippen LogP contribution in [0.4, 0.5) is 9.18 Å². The summed E-state index contributed by atoms with van der Waals surface area (Å²) >= 11 is 1.54. The Labute approximate surface area is 194 Å². The first-order chi connectivity index (χ1) is 15.8. The van der Waals surface area contributed by atoms with E-state index >= 15 is 0 Å². The minimum atomic E-state index is -1.35. The zero-order chi connectivity index (χ0) is 23.6. The molecule has 3 aromatic rings. The van der Waals surface area contributed by atoms with Gasteiger partial charge in [0.2, 0.25) is 5.91 Å². The number of imide groups is 1. The molecule has 0 saturated carbocycles. The monoisotopic (exact) mass is 466 g/mol. The normalized spacial score (nSPS) is 17.8. The quantitative estimate of drug-likeness (QED) is 0.522. The van der Waals surface area contributed by atoms with Gasteiger partial charge in [0.1, 0.15) is 22.9 Å². The molecule has 0 aliphatic carbocycles. The number of hydrogen-bond donors (Lipinski definition) is 2.